The van der Waals surface area contributed by atoms with E-state index in [0.717, 1.165) is 56.3 Å². The Balaban J connectivity index is 1.69. The van der Waals surface area contributed by atoms with E-state index in [2.05, 4.69) is 22.0 Å². The van der Waals surface area contributed by atoms with Gasteiger partial charge >= 0.3 is 0 Å². The van der Waals surface area contributed by atoms with Gasteiger partial charge in [0.2, 0.25) is 0 Å². The minimum Gasteiger partial charge on any atom is -0.378 e. The van der Waals surface area contributed by atoms with Gasteiger partial charge in [0.1, 0.15) is 0 Å². The first-order chi connectivity index (χ1) is 15.6. The smallest absolute Gasteiger partial charge is 0.163 e. The van der Waals surface area contributed by atoms with Gasteiger partial charge in [-0.1, -0.05) is 18.2 Å². The van der Waals surface area contributed by atoms with Crippen molar-refractivity contribution >= 4 is 38.5 Å². The molecule has 0 radical (unpaired) electrons. The number of nitrogens with zero attached hydrogens (tertiary/aromatic N) is 5. The molecule has 4 heterocycles. The van der Waals surface area contributed by atoms with Crippen LogP contribution in [0, 0.1) is 6.92 Å². The van der Waals surface area contributed by atoms with Gasteiger partial charge in [0.15, 0.2) is 22.7 Å². The van der Waals surface area contributed by atoms with Gasteiger partial charge < -0.3 is 14.2 Å². The van der Waals surface area contributed by atoms with Crippen LogP contribution in [0.1, 0.15) is 11.1 Å². The maximum Gasteiger partial charge on any atom is 0.163 e. The first-order valence-corrected chi connectivity index (χ1v) is 12.3. The Kier molecular flexibility index (Phi) is 5.92. The molecule has 1 saturated heterocycles. The molecule has 1 fully saturated rings. The van der Waals surface area contributed by atoms with Crippen molar-refractivity contribution in [2.24, 2.45) is 0 Å². The number of hydrogen-bond donors (Lipinski definition) is 1. The van der Waals surface area contributed by atoms with Crippen LogP contribution in [-0.4, -0.2) is 55.2 Å². The molecule has 1 aliphatic rings. The summed E-state index contributed by atoms with van der Waals surface area (Å²) in [5.74, 6) is 1.62. The molecule has 0 amide bonds. The lowest BCUT2D eigenvalue weighted by molar-refractivity contribution is 0.122. The molecule has 1 N–H and O–H groups in total. The highest BCUT2D eigenvalue weighted by Gasteiger charge is 2.23. The van der Waals surface area contributed by atoms with Gasteiger partial charge in [-0.05, 0) is 35.7 Å². The number of rotatable bonds is 5. The number of morpholine rings is 1. The third kappa shape index (κ3) is 4.14. The summed E-state index contributed by atoms with van der Waals surface area (Å²) in [6.45, 7) is 4.93. The Bertz CT molecular complexity index is 1290. The van der Waals surface area contributed by atoms with E-state index in [4.69, 9.17) is 14.7 Å². The normalized spacial score (nSPS) is 15.2. The number of fused-ring (bicyclic) bond motifs is 1. The van der Waals surface area contributed by atoms with E-state index in [-0.39, 0.29) is 5.75 Å². The summed E-state index contributed by atoms with van der Waals surface area (Å²) < 4.78 is 27.1. The Morgan fingerprint density at radius 3 is 2.75 bits per heavy atom. The Morgan fingerprint density at radius 1 is 1.16 bits per heavy atom. The zero-order valence-electron chi connectivity index (χ0n) is 17.4. The van der Waals surface area contributed by atoms with Gasteiger partial charge in [-0.25, -0.2) is 14.2 Å². The molecule has 10 heteroatoms. The van der Waals surface area contributed by atoms with E-state index >= 15 is 0 Å². The second kappa shape index (κ2) is 8.99. The van der Waals surface area contributed by atoms with Gasteiger partial charge in [-0.2, -0.15) is 10.2 Å². The summed E-state index contributed by atoms with van der Waals surface area (Å²) in [5.41, 5.74) is 4.62. The fraction of sp³-hybridized carbons (Fsp3) is 0.273. The second-order valence-electron chi connectivity index (χ2n) is 7.50. The predicted molar refractivity (Wildman–Crippen MR) is 126 cm³/mol. The van der Waals surface area contributed by atoms with Gasteiger partial charge in [0.25, 0.3) is 0 Å². The molecule has 0 spiro atoms. The van der Waals surface area contributed by atoms with E-state index in [1.807, 2.05) is 30.3 Å². The van der Waals surface area contributed by atoms with Crippen molar-refractivity contribution in [3.63, 3.8) is 0 Å². The maximum absolute atomic E-state index is 11.3. The van der Waals surface area contributed by atoms with E-state index in [9.17, 15) is 8.76 Å². The second-order valence-corrected chi connectivity index (χ2v) is 9.45. The first-order valence-electron chi connectivity index (χ1n) is 10.2. The van der Waals surface area contributed by atoms with Crippen molar-refractivity contribution in [3.05, 3.63) is 53.9 Å². The average Bonchev–Trinajstić information content (AvgIpc) is 3.16. The molecule has 8 nitrogen and oxygen atoms in total. The third-order valence-corrected chi connectivity index (χ3v) is 7.29. The average molecular weight is 468 g/mol. The number of aromatic nitrogens is 4. The van der Waals surface area contributed by atoms with E-state index in [0.29, 0.717) is 19.0 Å². The molecule has 0 saturated carbocycles. The largest absolute Gasteiger partial charge is 0.378 e. The number of anilines is 1. The van der Waals surface area contributed by atoms with Gasteiger partial charge in [-0.15, -0.1) is 11.3 Å². The highest BCUT2D eigenvalue weighted by Crippen LogP contribution is 2.42. The molecule has 1 unspecified atom stereocenters. The number of benzene rings is 1. The van der Waals surface area contributed by atoms with Crippen LogP contribution < -0.4 is 4.90 Å². The van der Waals surface area contributed by atoms with Gasteiger partial charge in [0, 0.05) is 23.5 Å². The molecule has 0 aliphatic carbocycles. The van der Waals surface area contributed by atoms with Crippen molar-refractivity contribution in [2.75, 3.05) is 31.2 Å². The Morgan fingerprint density at radius 2 is 2.00 bits per heavy atom. The molecule has 0 bridgehead atoms. The summed E-state index contributed by atoms with van der Waals surface area (Å²) in [4.78, 5) is 13.2. The minimum atomic E-state index is -1.88. The van der Waals surface area contributed by atoms with Crippen LogP contribution in [0.3, 0.4) is 0 Å². The number of aryl methyl sites for hydroxylation is 1. The number of thiophene rings is 1. The first kappa shape index (κ1) is 21.1. The predicted octanol–water partition coefficient (Wildman–Crippen LogP) is 3.68. The highest BCUT2D eigenvalue weighted by atomic mass is 32.2. The SMILES string of the molecule is Cc1c(-c2cccc(CS(=O)O)c2)sc2c(N3CCOCC3)nc(-c3ccnnc3)nc12. The van der Waals surface area contributed by atoms with Crippen LogP contribution in [0.5, 0.6) is 0 Å². The lowest BCUT2D eigenvalue weighted by Gasteiger charge is -2.28. The quantitative estimate of drug-likeness (QED) is 0.444. The fourth-order valence-corrected chi connectivity index (χ4v) is 5.56. The molecule has 3 aromatic heterocycles. The Hall–Kier alpha value is -2.79. The molecule has 5 rings (SSSR count). The molecule has 1 aromatic carbocycles. The summed E-state index contributed by atoms with van der Waals surface area (Å²) in [5, 5.41) is 7.85. The van der Waals surface area contributed by atoms with Crippen LogP contribution in [0.2, 0.25) is 0 Å². The molecular formula is C22H21N5O3S2. The Labute approximate surface area is 191 Å². The van der Waals surface area contributed by atoms with Crippen molar-refractivity contribution in [2.45, 2.75) is 12.7 Å². The van der Waals surface area contributed by atoms with E-state index in [1.165, 1.54) is 0 Å². The molecular weight excluding hydrogens is 446 g/mol. The van der Waals surface area contributed by atoms with E-state index < -0.39 is 11.1 Å². The van der Waals surface area contributed by atoms with Crippen LogP contribution in [-0.2, 0) is 21.6 Å². The minimum absolute atomic E-state index is 0.107. The highest BCUT2D eigenvalue weighted by molar-refractivity contribution is 7.78. The lowest BCUT2D eigenvalue weighted by atomic mass is 10.1. The number of hydrogen-bond acceptors (Lipinski definition) is 8. The third-order valence-electron chi connectivity index (χ3n) is 5.38. The maximum atomic E-state index is 11.3. The zero-order chi connectivity index (χ0) is 22.1. The summed E-state index contributed by atoms with van der Waals surface area (Å²) in [6, 6.07) is 9.65. The summed E-state index contributed by atoms with van der Waals surface area (Å²) in [7, 11) is 0. The van der Waals surface area contributed by atoms with E-state index in [1.54, 1.807) is 23.7 Å². The molecule has 32 heavy (non-hydrogen) atoms. The van der Waals surface area contributed by atoms with Gasteiger partial charge in [-0.3, -0.25) is 0 Å². The number of ether oxygens (including phenoxy) is 1. The zero-order valence-corrected chi connectivity index (χ0v) is 19.0. The monoisotopic (exact) mass is 467 g/mol. The molecule has 1 atom stereocenters. The molecule has 164 valence electrons. The van der Waals surface area contributed by atoms with Crippen LogP contribution >= 0.6 is 11.3 Å². The van der Waals surface area contributed by atoms with Crippen molar-refractivity contribution in [1.29, 1.82) is 0 Å². The fourth-order valence-electron chi connectivity index (χ4n) is 3.83. The lowest BCUT2D eigenvalue weighted by Crippen LogP contribution is -2.36. The molecule has 4 aromatic rings. The summed E-state index contributed by atoms with van der Waals surface area (Å²) in [6.07, 6.45) is 3.31. The van der Waals surface area contributed by atoms with Crippen LogP contribution in [0.25, 0.3) is 32.0 Å². The molecule has 1 aliphatic heterocycles. The van der Waals surface area contributed by atoms with Crippen LogP contribution in [0.4, 0.5) is 5.82 Å². The standard InChI is InChI=1S/C22H21N5O3S2/c1-14-18-20(31-19(14)16-4-2-3-15(11-16)13-32(28)29)22(27-7-9-30-10-8-27)26-21(25-18)17-5-6-23-24-12-17/h2-6,11-12H,7-10,13H2,1H3,(H,28,29). The van der Waals surface area contributed by atoms with Crippen molar-refractivity contribution in [3.8, 4) is 21.8 Å². The van der Waals surface area contributed by atoms with Crippen molar-refractivity contribution < 1.29 is 13.5 Å². The van der Waals surface area contributed by atoms with Crippen LogP contribution in [0.15, 0.2) is 42.7 Å². The summed E-state index contributed by atoms with van der Waals surface area (Å²) >= 11 is -0.226. The van der Waals surface area contributed by atoms with Gasteiger partial charge in [0.05, 0.1) is 41.6 Å². The van der Waals surface area contributed by atoms with Crippen molar-refractivity contribution in [1.82, 2.24) is 20.2 Å². The topological polar surface area (TPSA) is 101 Å².